The SMILES string of the molecule is COc1cc(C(=O)N/N=C(/C)c2ccc(N3CCCC3=O)cc2)ccc1OC(C)C. The van der Waals surface area contributed by atoms with Crippen LogP contribution in [-0.4, -0.2) is 37.3 Å². The summed E-state index contributed by atoms with van der Waals surface area (Å²) in [5.41, 5.74) is 5.40. The predicted molar refractivity (Wildman–Crippen MR) is 116 cm³/mol. The van der Waals surface area contributed by atoms with Gasteiger partial charge in [0, 0.05) is 24.2 Å². The lowest BCUT2D eigenvalue weighted by atomic mass is 10.1. The molecular weight excluding hydrogens is 382 g/mol. The van der Waals surface area contributed by atoms with Crippen molar-refractivity contribution in [2.45, 2.75) is 39.7 Å². The van der Waals surface area contributed by atoms with Gasteiger partial charge in [-0.15, -0.1) is 0 Å². The Balaban J connectivity index is 1.67. The van der Waals surface area contributed by atoms with E-state index in [0.29, 0.717) is 29.2 Å². The second kappa shape index (κ2) is 9.43. The van der Waals surface area contributed by atoms with E-state index in [9.17, 15) is 9.59 Å². The molecule has 0 radical (unpaired) electrons. The van der Waals surface area contributed by atoms with E-state index in [0.717, 1.165) is 24.2 Å². The van der Waals surface area contributed by atoms with Crippen LogP contribution in [0, 0.1) is 0 Å². The van der Waals surface area contributed by atoms with Gasteiger partial charge in [-0.1, -0.05) is 12.1 Å². The molecule has 1 heterocycles. The van der Waals surface area contributed by atoms with Gasteiger partial charge in [0.1, 0.15) is 0 Å². The van der Waals surface area contributed by atoms with E-state index >= 15 is 0 Å². The van der Waals surface area contributed by atoms with Crippen molar-refractivity contribution >= 4 is 23.2 Å². The fourth-order valence-corrected chi connectivity index (χ4v) is 3.23. The molecule has 2 aromatic carbocycles. The van der Waals surface area contributed by atoms with Crippen molar-refractivity contribution in [2.24, 2.45) is 5.10 Å². The minimum atomic E-state index is -0.344. The molecule has 1 fully saturated rings. The molecule has 0 aromatic heterocycles. The Hall–Kier alpha value is -3.35. The fraction of sp³-hybridized carbons (Fsp3) is 0.348. The maximum absolute atomic E-state index is 12.5. The number of amides is 2. The van der Waals surface area contributed by atoms with Gasteiger partial charge in [-0.2, -0.15) is 5.10 Å². The van der Waals surface area contributed by atoms with Crippen LogP contribution >= 0.6 is 0 Å². The van der Waals surface area contributed by atoms with Crippen molar-refractivity contribution in [3.63, 3.8) is 0 Å². The van der Waals surface area contributed by atoms with Gasteiger partial charge in [0.05, 0.1) is 18.9 Å². The van der Waals surface area contributed by atoms with E-state index in [2.05, 4.69) is 10.5 Å². The molecule has 30 heavy (non-hydrogen) atoms. The van der Waals surface area contributed by atoms with Crippen molar-refractivity contribution in [1.82, 2.24) is 5.43 Å². The number of rotatable bonds is 7. The van der Waals surface area contributed by atoms with E-state index in [1.807, 2.05) is 45.0 Å². The topological polar surface area (TPSA) is 80.2 Å². The molecule has 0 spiro atoms. The van der Waals surface area contributed by atoms with E-state index in [-0.39, 0.29) is 17.9 Å². The molecule has 3 rings (SSSR count). The number of carbonyl (C=O) groups is 2. The zero-order valence-corrected chi connectivity index (χ0v) is 17.8. The van der Waals surface area contributed by atoms with Gasteiger partial charge >= 0.3 is 0 Å². The Bertz CT molecular complexity index is 951. The van der Waals surface area contributed by atoms with E-state index in [1.165, 1.54) is 7.11 Å². The molecule has 2 amide bonds. The van der Waals surface area contributed by atoms with Crippen molar-refractivity contribution in [3.05, 3.63) is 53.6 Å². The summed E-state index contributed by atoms with van der Waals surface area (Å²) in [7, 11) is 1.53. The van der Waals surface area contributed by atoms with E-state index in [4.69, 9.17) is 9.47 Å². The van der Waals surface area contributed by atoms with Gasteiger partial charge in [0.25, 0.3) is 5.91 Å². The third-order valence-electron chi connectivity index (χ3n) is 4.78. The minimum absolute atomic E-state index is 0.000744. The summed E-state index contributed by atoms with van der Waals surface area (Å²) < 4.78 is 11.0. The largest absolute Gasteiger partial charge is 0.493 e. The van der Waals surface area contributed by atoms with Crippen molar-refractivity contribution in [2.75, 3.05) is 18.6 Å². The molecule has 2 aromatic rings. The average Bonchev–Trinajstić information content (AvgIpc) is 3.17. The molecule has 0 saturated carbocycles. The molecule has 1 N–H and O–H groups in total. The normalized spacial score (nSPS) is 14.2. The quantitative estimate of drug-likeness (QED) is 0.558. The minimum Gasteiger partial charge on any atom is -0.493 e. The highest BCUT2D eigenvalue weighted by Crippen LogP contribution is 2.29. The Morgan fingerprint density at radius 3 is 2.40 bits per heavy atom. The zero-order chi connectivity index (χ0) is 21.7. The van der Waals surface area contributed by atoms with Crippen molar-refractivity contribution in [3.8, 4) is 11.5 Å². The van der Waals surface area contributed by atoms with Crippen LogP contribution in [0.25, 0.3) is 0 Å². The number of nitrogens with zero attached hydrogens (tertiary/aromatic N) is 2. The summed E-state index contributed by atoms with van der Waals surface area (Å²) >= 11 is 0. The Kier molecular flexibility index (Phi) is 6.72. The summed E-state index contributed by atoms with van der Waals surface area (Å²) in [5, 5.41) is 4.20. The van der Waals surface area contributed by atoms with Crippen LogP contribution < -0.4 is 19.8 Å². The first-order chi connectivity index (χ1) is 14.4. The number of nitrogens with one attached hydrogen (secondary N) is 1. The van der Waals surface area contributed by atoms with Gasteiger partial charge in [-0.3, -0.25) is 9.59 Å². The highest BCUT2D eigenvalue weighted by atomic mass is 16.5. The van der Waals surface area contributed by atoms with Crippen LogP contribution in [0.3, 0.4) is 0 Å². The molecule has 1 aliphatic rings. The highest BCUT2D eigenvalue weighted by molar-refractivity contribution is 6.02. The monoisotopic (exact) mass is 409 g/mol. The summed E-state index contributed by atoms with van der Waals surface area (Å²) in [6, 6.07) is 12.6. The number of ether oxygens (including phenoxy) is 2. The Morgan fingerprint density at radius 2 is 1.80 bits per heavy atom. The number of methoxy groups -OCH3 is 1. The van der Waals surface area contributed by atoms with Crippen LogP contribution in [-0.2, 0) is 4.79 Å². The first kappa shape index (κ1) is 21.4. The third kappa shape index (κ3) is 4.97. The fourth-order valence-electron chi connectivity index (χ4n) is 3.23. The zero-order valence-electron chi connectivity index (χ0n) is 17.8. The highest BCUT2D eigenvalue weighted by Gasteiger charge is 2.21. The van der Waals surface area contributed by atoms with Crippen LogP contribution in [0.2, 0.25) is 0 Å². The molecule has 7 nitrogen and oxygen atoms in total. The molecule has 0 bridgehead atoms. The van der Waals surface area contributed by atoms with Gasteiger partial charge in [0.2, 0.25) is 5.91 Å². The third-order valence-corrected chi connectivity index (χ3v) is 4.78. The molecule has 0 unspecified atom stereocenters. The molecule has 7 heteroatoms. The summed E-state index contributed by atoms with van der Waals surface area (Å²) in [6.45, 7) is 6.42. The smallest absolute Gasteiger partial charge is 0.271 e. The van der Waals surface area contributed by atoms with Crippen molar-refractivity contribution < 1.29 is 19.1 Å². The van der Waals surface area contributed by atoms with Gasteiger partial charge in [-0.05, 0) is 63.1 Å². The molecule has 0 aliphatic carbocycles. The average molecular weight is 409 g/mol. The van der Waals surface area contributed by atoms with Crippen LogP contribution in [0.1, 0.15) is 49.5 Å². The lowest BCUT2D eigenvalue weighted by Gasteiger charge is -2.16. The lowest BCUT2D eigenvalue weighted by molar-refractivity contribution is -0.117. The molecule has 158 valence electrons. The van der Waals surface area contributed by atoms with Crippen molar-refractivity contribution in [1.29, 1.82) is 0 Å². The number of hydrogen-bond donors (Lipinski definition) is 1. The van der Waals surface area contributed by atoms with Crippen LogP contribution in [0.15, 0.2) is 47.6 Å². The van der Waals surface area contributed by atoms with Gasteiger partial charge in [0.15, 0.2) is 11.5 Å². The Labute approximate surface area is 176 Å². The summed E-state index contributed by atoms with van der Waals surface area (Å²) in [5.74, 6) is 0.882. The first-order valence-electron chi connectivity index (χ1n) is 9.99. The van der Waals surface area contributed by atoms with Gasteiger partial charge in [-0.25, -0.2) is 5.43 Å². The number of hydrogen-bond acceptors (Lipinski definition) is 5. The first-order valence-corrected chi connectivity index (χ1v) is 9.99. The number of benzene rings is 2. The van der Waals surface area contributed by atoms with E-state index < -0.39 is 0 Å². The molecular formula is C23H27N3O4. The standard InChI is InChI=1S/C23H27N3O4/c1-15(2)30-20-12-9-18(14-21(20)29-4)23(28)25-24-16(3)17-7-10-19(11-8-17)26-13-5-6-22(26)27/h7-12,14-15H,5-6,13H2,1-4H3,(H,25,28)/b24-16-. The second-order valence-corrected chi connectivity index (χ2v) is 7.37. The number of hydrazone groups is 1. The van der Waals surface area contributed by atoms with Crippen LogP contribution in [0.4, 0.5) is 5.69 Å². The second-order valence-electron chi connectivity index (χ2n) is 7.37. The van der Waals surface area contributed by atoms with E-state index in [1.54, 1.807) is 23.1 Å². The molecule has 1 aliphatic heterocycles. The molecule has 1 saturated heterocycles. The predicted octanol–water partition coefficient (Wildman–Crippen LogP) is 3.76. The summed E-state index contributed by atoms with van der Waals surface area (Å²) in [4.78, 5) is 26.1. The maximum Gasteiger partial charge on any atom is 0.271 e. The molecule has 0 atom stereocenters. The number of carbonyl (C=O) groups excluding carboxylic acids is 2. The van der Waals surface area contributed by atoms with Gasteiger partial charge < -0.3 is 14.4 Å². The maximum atomic E-state index is 12.5. The van der Waals surface area contributed by atoms with Crippen LogP contribution in [0.5, 0.6) is 11.5 Å². The Morgan fingerprint density at radius 1 is 1.10 bits per heavy atom. The summed E-state index contributed by atoms with van der Waals surface area (Å²) in [6.07, 6.45) is 1.49. The lowest BCUT2D eigenvalue weighted by Crippen LogP contribution is -2.23. The number of anilines is 1.